The van der Waals surface area contributed by atoms with Crippen molar-refractivity contribution in [1.29, 1.82) is 0 Å². The van der Waals surface area contributed by atoms with Crippen LogP contribution >= 0.6 is 7.75 Å². The molecule has 0 spiro atoms. The number of carboxylic acid groups (broad SMARTS) is 1. The molecule has 0 bridgehead atoms. The number of carbonyl (C=O) groups excluding carboxylic acids is 1. The zero-order valence-electron chi connectivity index (χ0n) is 28.4. The molecule has 15 heteroatoms. The number of anilines is 1. The van der Waals surface area contributed by atoms with Crippen LogP contribution in [0.15, 0.2) is 47.0 Å². The molecule has 2 aromatic heterocycles. The fourth-order valence-corrected chi connectivity index (χ4v) is 7.46. The van der Waals surface area contributed by atoms with Gasteiger partial charge < -0.3 is 20.1 Å². The van der Waals surface area contributed by atoms with Gasteiger partial charge in [-0.2, -0.15) is 9.65 Å². The minimum absolute atomic E-state index is 0.0188. The molecule has 4 rings (SSSR count). The number of nitrogen functional groups attached to an aromatic ring is 1. The van der Waals surface area contributed by atoms with Crippen molar-refractivity contribution in [2.45, 2.75) is 73.3 Å². The fraction of sp³-hybridized carbons (Fsp3) is 0.545. The van der Waals surface area contributed by atoms with Gasteiger partial charge in [0.2, 0.25) is 5.95 Å². The summed E-state index contributed by atoms with van der Waals surface area (Å²) >= 11 is 0. The Morgan fingerprint density at radius 2 is 1.85 bits per heavy atom. The molecular weight excluding hydrogens is 639 g/mol. The summed E-state index contributed by atoms with van der Waals surface area (Å²) in [5.41, 5.74) is 5.44. The summed E-state index contributed by atoms with van der Waals surface area (Å²) in [6.45, 7) is 11.1. The van der Waals surface area contributed by atoms with Gasteiger partial charge >= 0.3 is 19.7 Å². The number of carbonyl (C=O) groups is 2. The molecule has 1 aliphatic rings. The molecule has 0 radical (unpaired) electrons. The average Bonchev–Trinajstić information content (AvgIpc) is 3.57. The number of benzene rings is 1. The van der Waals surface area contributed by atoms with E-state index >= 15 is 4.57 Å². The van der Waals surface area contributed by atoms with Crippen LogP contribution in [0.25, 0.3) is 17.4 Å². The molecule has 2 unspecified atom stereocenters. The van der Waals surface area contributed by atoms with E-state index in [9.17, 15) is 19.5 Å². The van der Waals surface area contributed by atoms with Crippen LogP contribution in [0.1, 0.15) is 67.2 Å². The van der Waals surface area contributed by atoms with Crippen LogP contribution in [-0.4, -0.2) is 67.0 Å². The first-order valence-electron chi connectivity index (χ1n) is 16.3. The third-order valence-electron chi connectivity index (χ3n) is 8.51. The highest BCUT2D eigenvalue weighted by atomic mass is 31.2. The summed E-state index contributed by atoms with van der Waals surface area (Å²) in [5, 5.41) is 10.4. The number of aromatic nitrogens is 4. The minimum atomic E-state index is -4.38. The summed E-state index contributed by atoms with van der Waals surface area (Å²) < 4.78 is 36.3. The van der Waals surface area contributed by atoms with E-state index in [0.29, 0.717) is 6.42 Å². The molecule has 48 heavy (non-hydrogen) atoms. The Morgan fingerprint density at radius 3 is 2.46 bits per heavy atom. The number of hydrogen-bond acceptors (Lipinski definition) is 10. The predicted octanol–water partition coefficient (Wildman–Crippen LogP) is 5.57. The van der Waals surface area contributed by atoms with Crippen molar-refractivity contribution in [1.82, 2.24) is 24.2 Å². The number of nitrogens with one attached hydrogen (secondary N) is 1. The minimum Gasteiger partial charge on any atom is -0.480 e. The highest BCUT2D eigenvalue weighted by Crippen LogP contribution is 2.60. The van der Waals surface area contributed by atoms with Crippen molar-refractivity contribution in [2.24, 2.45) is 23.2 Å². The van der Waals surface area contributed by atoms with Crippen LogP contribution < -0.4 is 15.8 Å². The standard InChI is InChI=1S/C33H47N6O8P/c1-7-23(8-2)16-39(26(30(41)42)14-21(3)4)48(44,47-25-12-10-9-11-13-25)46-19-33(18-45-31(43)22(5)6)15-24(33)17-38-20-35-27-28(38)36-32(34)37-29(27)40/h9-13,17,20-23,26H,7-8,14-16,18-19H2,1-6H3,(H,41,42)(H3,34,36,37,40)/b24-17-/t26?,33?,48-/m0/s1. The maximum Gasteiger partial charge on any atom is 0.462 e. The van der Waals surface area contributed by atoms with Crippen molar-refractivity contribution >= 4 is 43.0 Å². The molecule has 0 saturated heterocycles. The van der Waals surface area contributed by atoms with Crippen LogP contribution in [0.4, 0.5) is 5.95 Å². The van der Waals surface area contributed by atoms with Crippen molar-refractivity contribution in [3.05, 3.63) is 52.6 Å². The second-order valence-corrected chi connectivity index (χ2v) is 15.0. The Bertz CT molecular complexity index is 1720. The predicted molar refractivity (Wildman–Crippen MR) is 182 cm³/mol. The van der Waals surface area contributed by atoms with Gasteiger partial charge in [-0.05, 0) is 42.4 Å². The lowest BCUT2D eigenvalue weighted by Gasteiger charge is -2.37. The molecule has 1 fully saturated rings. The van der Waals surface area contributed by atoms with Gasteiger partial charge in [0, 0.05) is 12.7 Å². The van der Waals surface area contributed by atoms with Gasteiger partial charge in [0.05, 0.1) is 17.9 Å². The molecular formula is C33H47N6O8P. The van der Waals surface area contributed by atoms with Crippen molar-refractivity contribution < 1.29 is 33.0 Å². The normalized spacial score (nSPS) is 18.9. The zero-order valence-corrected chi connectivity index (χ0v) is 29.3. The largest absolute Gasteiger partial charge is 0.480 e. The number of imidazole rings is 1. The fourth-order valence-electron chi connectivity index (χ4n) is 5.39. The van der Waals surface area contributed by atoms with E-state index in [1.807, 2.05) is 27.7 Å². The molecule has 1 aromatic carbocycles. The molecule has 1 saturated carbocycles. The lowest BCUT2D eigenvalue weighted by Crippen LogP contribution is -2.44. The number of carboxylic acids is 1. The zero-order chi connectivity index (χ0) is 35.2. The van der Waals surface area contributed by atoms with E-state index < -0.39 is 36.7 Å². The maximum atomic E-state index is 15.2. The summed E-state index contributed by atoms with van der Waals surface area (Å²) in [4.78, 5) is 48.5. The second-order valence-electron chi connectivity index (χ2n) is 13.1. The van der Waals surface area contributed by atoms with Gasteiger partial charge in [-0.25, -0.2) is 9.55 Å². The molecule has 2 heterocycles. The lowest BCUT2D eigenvalue weighted by atomic mass is 10.0. The van der Waals surface area contributed by atoms with E-state index in [4.69, 9.17) is 19.5 Å². The van der Waals surface area contributed by atoms with Crippen LogP contribution in [0.5, 0.6) is 5.75 Å². The molecule has 3 atom stereocenters. The van der Waals surface area contributed by atoms with Crippen LogP contribution in [-0.2, 0) is 23.4 Å². The third kappa shape index (κ3) is 8.72. The topological polar surface area (TPSA) is 192 Å². The highest BCUT2D eigenvalue weighted by Gasteiger charge is 2.54. The van der Waals surface area contributed by atoms with E-state index in [-0.39, 0.29) is 66.8 Å². The van der Waals surface area contributed by atoms with Crippen LogP contribution in [0.2, 0.25) is 0 Å². The van der Waals surface area contributed by atoms with Gasteiger partial charge in [0.1, 0.15) is 24.7 Å². The molecule has 0 amide bonds. The number of aromatic amines is 1. The number of nitrogens with zero attached hydrogens (tertiary/aromatic N) is 4. The quantitative estimate of drug-likeness (QED) is 0.111. The molecule has 4 N–H and O–H groups in total. The van der Waals surface area contributed by atoms with Gasteiger partial charge in [-0.15, -0.1) is 0 Å². The number of para-hydroxylation sites is 1. The summed E-state index contributed by atoms with van der Waals surface area (Å²) in [7, 11) is -4.38. The number of H-pyrrole nitrogens is 1. The Balaban J connectivity index is 1.77. The van der Waals surface area contributed by atoms with E-state index in [2.05, 4.69) is 15.0 Å². The van der Waals surface area contributed by atoms with Crippen LogP contribution in [0.3, 0.4) is 0 Å². The Labute approximate surface area is 280 Å². The smallest absolute Gasteiger partial charge is 0.462 e. The Kier molecular flexibility index (Phi) is 11.9. The number of nitrogens with two attached hydrogens (primary N) is 1. The molecule has 3 aromatic rings. The van der Waals surface area contributed by atoms with Crippen molar-refractivity contribution in [3.8, 4) is 5.75 Å². The molecule has 1 aliphatic carbocycles. The first-order chi connectivity index (χ1) is 22.7. The Morgan fingerprint density at radius 1 is 1.17 bits per heavy atom. The number of fused-ring (bicyclic) bond motifs is 1. The number of aliphatic carboxylic acids is 1. The van der Waals surface area contributed by atoms with Crippen molar-refractivity contribution in [3.63, 3.8) is 0 Å². The second kappa shape index (κ2) is 15.5. The third-order valence-corrected chi connectivity index (χ3v) is 10.5. The van der Waals surface area contributed by atoms with Crippen LogP contribution in [0, 0.1) is 23.2 Å². The molecule has 262 valence electrons. The van der Waals surface area contributed by atoms with Gasteiger partial charge in [0.15, 0.2) is 11.2 Å². The first-order valence-corrected chi connectivity index (χ1v) is 17.8. The highest BCUT2D eigenvalue weighted by molar-refractivity contribution is 7.51. The summed E-state index contributed by atoms with van der Waals surface area (Å²) in [6.07, 6.45) is 5.18. The average molecular weight is 687 g/mol. The number of ether oxygens (including phenoxy) is 1. The maximum absolute atomic E-state index is 15.2. The van der Waals surface area contributed by atoms with Gasteiger partial charge in [-0.3, -0.25) is 28.5 Å². The molecule has 0 aliphatic heterocycles. The number of rotatable bonds is 18. The number of esters is 1. The van der Waals surface area contributed by atoms with Gasteiger partial charge in [0.25, 0.3) is 5.56 Å². The van der Waals surface area contributed by atoms with Gasteiger partial charge in [-0.1, -0.05) is 72.6 Å². The van der Waals surface area contributed by atoms with E-state index in [1.165, 1.54) is 11.0 Å². The number of hydrogen-bond donors (Lipinski definition) is 3. The summed E-state index contributed by atoms with van der Waals surface area (Å²) in [6, 6.07) is 7.35. The summed E-state index contributed by atoms with van der Waals surface area (Å²) in [5.74, 6) is -1.76. The Hall–Kier alpha value is -4.00. The monoisotopic (exact) mass is 686 g/mol. The SMILES string of the molecule is CCC(CC)CN(C(CC(C)C)C(=O)O)[P@](=O)(OCC1(COC(=O)C(C)C)C/C1=C/n1cnc2c(=O)[nH]c(N)nc21)Oc1ccccc1. The van der Waals surface area contributed by atoms with Crippen molar-refractivity contribution in [2.75, 3.05) is 25.5 Å². The first kappa shape index (κ1) is 36.8. The van der Waals surface area contributed by atoms with E-state index in [0.717, 1.165) is 18.4 Å². The lowest BCUT2D eigenvalue weighted by molar-refractivity contribution is -0.149. The van der Waals surface area contributed by atoms with E-state index in [1.54, 1.807) is 54.9 Å². The molecule has 14 nitrogen and oxygen atoms in total.